The lowest BCUT2D eigenvalue weighted by Crippen LogP contribution is -2.50. The van der Waals surface area contributed by atoms with Crippen molar-refractivity contribution in [2.24, 2.45) is 0 Å². The molecule has 1 N–H and O–H groups in total. The van der Waals surface area contributed by atoms with Crippen molar-refractivity contribution < 1.29 is 31.5 Å². The lowest BCUT2D eigenvalue weighted by Gasteiger charge is -2.36. The number of alkyl halides is 3. The van der Waals surface area contributed by atoms with Crippen LogP contribution in [0.15, 0.2) is 76.6 Å². The number of aromatic nitrogens is 1. The average molecular weight is 613 g/mol. The Hall–Kier alpha value is -3.96. The normalized spacial score (nSPS) is 16.9. The molecule has 1 aliphatic heterocycles. The Morgan fingerprint density at radius 3 is 2.37 bits per heavy atom. The molecule has 0 radical (unpaired) electrons. The molecule has 2 heterocycles. The molecule has 0 spiro atoms. The summed E-state index contributed by atoms with van der Waals surface area (Å²) >= 11 is 0. The number of benzene rings is 3. The molecule has 0 aliphatic carbocycles. The second-order valence-corrected chi connectivity index (χ2v) is 12.9. The number of sulfonamides is 1. The molecule has 7 nitrogen and oxygen atoms in total. The highest BCUT2D eigenvalue weighted by Crippen LogP contribution is 2.42. The van der Waals surface area contributed by atoms with Crippen molar-refractivity contribution in [3.63, 3.8) is 0 Å². The van der Waals surface area contributed by atoms with Crippen molar-refractivity contribution in [1.29, 1.82) is 0 Å². The van der Waals surface area contributed by atoms with Gasteiger partial charge in [-0.15, -0.1) is 0 Å². The van der Waals surface area contributed by atoms with Gasteiger partial charge >= 0.3 is 12.1 Å². The van der Waals surface area contributed by atoms with E-state index in [-0.39, 0.29) is 35.2 Å². The first-order chi connectivity index (χ1) is 20.3. The first-order valence-electron chi connectivity index (χ1n) is 14.0. The summed E-state index contributed by atoms with van der Waals surface area (Å²) in [4.78, 5) is 26.8. The highest BCUT2D eigenvalue weighted by molar-refractivity contribution is 7.89. The first kappa shape index (κ1) is 30.5. The van der Waals surface area contributed by atoms with Crippen LogP contribution in [-0.4, -0.2) is 41.5 Å². The van der Waals surface area contributed by atoms with Crippen LogP contribution in [0.4, 0.5) is 13.2 Å². The number of hydrogen-bond donors (Lipinski definition) is 1. The lowest BCUT2D eigenvalue weighted by atomic mass is 9.86. The molecule has 1 unspecified atom stereocenters. The molecule has 43 heavy (non-hydrogen) atoms. The van der Waals surface area contributed by atoms with E-state index < -0.39 is 56.8 Å². The number of carbonyl (C=O) groups is 1. The monoisotopic (exact) mass is 612 g/mol. The maximum Gasteiger partial charge on any atom is 0.416 e. The van der Waals surface area contributed by atoms with Crippen LogP contribution in [0.3, 0.4) is 0 Å². The number of pyridine rings is 1. The maximum absolute atomic E-state index is 14.2. The van der Waals surface area contributed by atoms with Gasteiger partial charge in [-0.2, -0.15) is 17.5 Å². The number of aliphatic carboxylic acids is 1. The first-order valence-corrected chi connectivity index (χ1v) is 15.4. The molecule has 226 valence electrons. The summed E-state index contributed by atoms with van der Waals surface area (Å²) in [5.74, 6) is -1.92. The number of hydrogen-bond acceptors (Lipinski definition) is 4. The zero-order valence-corrected chi connectivity index (χ0v) is 24.7. The molecule has 0 saturated carbocycles. The van der Waals surface area contributed by atoms with E-state index in [1.165, 1.54) is 12.1 Å². The molecule has 5 rings (SSSR count). The van der Waals surface area contributed by atoms with Crippen molar-refractivity contribution in [2.75, 3.05) is 13.1 Å². The van der Waals surface area contributed by atoms with Gasteiger partial charge in [0.1, 0.15) is 6.04 Å². The number of fused-ring (bicyclic) bond motifs is 2. The van der Waals surface area contributed by atoms with Gasteiger partial charge in [0.15, 0.2) is 5.03 Å². The number of nitrogens with zero attached hydrogens (tertiary/aromatic N) is 2. The van der Waals surface area contributed by atoms with Crippen molar-refractivity contribution in [1.82, 2.24) is 8.87 Å². The Bertz CT molecular complexity index is 1890. The Morgan fingerprint density at radius 2 is 1.72 bits per heavy atom. The minimum Gasteiger partial charge on any atom is -0.480 e. The second kappa shape index (κ2) is 11.3. The number of carboxylic acid groups (broad SMARTS) is 1. The third kappa shape index (κ3) is 5.36. The maximum atomic E-state index is 14.2. The predicted octanol–water partition coefficient (Wildman–Crippen LogP) is 6.44. The minimum absolute atomic E-state index is 0.0209. The van der Waals surface area contributed by atoms with Gasteiger partial charge in [-0.1, -0.05) is 75.4 Å². The molecule has 1 aliphatic rings. The van der Waals surface area contributed by atoms with Gasteiger partial charge in [0.25, 0.3) is 15.6 Å². The zero-order chi connectivity index (χ0) is 31.3. The second-order valence-electron chi connectivity index (χ2n) is 11.0. The van der Waals surface area contributed by atoms with Gasteiger partial charge in [0, 0.05) is 24.2 Å². The minimum atomic E-state index is -4.73. The summed E-state index contributed by atoms with van der Waals surface area (Å²) in [6.07, 6.45) is -4.33. The topological polar surface area (TPSA) is 96.7 Å². The zero-order valence-electron chi connectivity index (χ0n) is 23.9. The summed E-state index contributed by atoms with van der Waals surface area (Å²) in [6, 6.07) is 15.8. The summed E-state index contributed by atoms with van der Waals surface area (Å²) in [7, 11) is -4.51. The van der Waals surface area contributed by atoms with Gasteiger partial charge < -0.3 is 5.11 Å². The molecule has 3 aromatic carbocycles. The smallest absolute Gasteiger partial charge is 0.416 e. The van der Waals surface area contributed by atoms with Crippen molar-refractivity contribution in [3.05, 3.63) is 99.3 Å². The van der Waals surface area contributed by atoms with Crippen LogP contribution in [0.25, 0.3) is 21.9 Å². The van der Waals surface area contributed by atoms with E-state index in [1.807, 2.05) is 42.5 Å². The summed E-state index contributed by atoms with van der Waals surface area (Å²) < 4.78 is 72.1. The van der Waals surface area contributed by atoms with Crippen molar-refractivity contribution in [3.8, 4) is 11.1 Å². The van der Waals surface area contributed by atoms with Crippen LogP contribution in [0, 0.1) is 0 Å². The van der Waals surface area contributed by atoms with Crippen LogP contribution in [0.2, 0.25) is 0 Å². The van der Waals surface area contributed by atoms with Crippen LogP contribution in [0.5, 0.6) is 0 Å². The third-order valence-electron chi connectivity index (χ3n) is 7.84. The summed E-state index contributed by atoms with van der Waals surface area (Å²) in [5.41, 5.74) is -0.765. The largest absolute Gasteiger partial charge is 0.480 e. The van der Waals surface area contributed by atoms with E-state index in [9.17, 15) is 36.3 Å². The van der Waals surface area contributed by atoms with Crippen molar-refractivity contribution >= 4 is 26.8 Å². The van der Waals surface area contributed by atoms with Gasteiger partial charge in [-0.3, -0.25) is 9.36 Å². The fourth-order valence-corrected chi connectivity index (χ4v) is 7.94. The number of rotatable bonds is 7. The lowest BCUT2D eigenvalue weighted by molar-refractivity contribution is -0.141. The van der Waals surface area contributed by atoms with E-state index in [4.69, 9.17) is 0 Å². The van der Waals surface area contributed by atoms with E-state index >= 15 is 0 Å². The highest BCUT2D eigenvalue weighted by atomic mass is 32.2. The van der Waals surface area contributed by atoms with Gasteiger partial charge in [-0.05, 0) is 58.4 Å². The van der Waals surface area contributed by atoms with E-state index in [2.05, 4.69) is 0 Å². The van der Waals surface area contributed by atoms with Crippen LogP contribution in [0.1, 0.15) is 61.4 Å². The summed E-state index contributed by atoms with van der Waals surface area (Å²) in [5, 5.41) is 11.3. The third-order valence-corrected chi connectivity index (χ3v) is 9.74. The van der Waals surface area contributed by atoms with E-state index in [0.717, 1.165) is 37.3 Å². The highest BCUT2D eigenvalue weighted by Gasteiger charge is 2.44. The van der Waals surface area contributed by atoms with Crippen LogP contribution < -0.4 is 5.56 Å². The molecule has 1 atom stereocenters. The average Bonchev–Trinajstić information content (AvgIpc) is 2.94. The molecule has 0 fully saturated rings. The fraction of sp³-hybridized carbons (Fsp3) is 0.312. The molecular weight excluding hydrogens is 581 g/mol. The molecular formula is C32H31F3N2O5S. The summed E-state index contributed by atoms with van der Waals surface area (Å²) in [6.45, 7) is 4.69. The van der Waals surface area contributed by atoms with Gasteiger partial charge in [0.2, 0.25) is 0 Å². The SMILES string of the molecule is CCCN1CC(C(=O)O)n2c(c(-c3cccc(C(F)(F)F)c3)c(Cc3cccc4ccccc34)c(C(C)C)c2=O)S1(=O)=O. The molecule has 0 saturated heterocycles. The molecule has 4 aromatic rings. The van der Waals surface area contributed by atoms with Crippen LogP contribution >= 0.6 is 0 Å². The van der Waals surface area contributed by atoms with Gasteiger partial charge in [0.05, 0.1) is 5.56 Å². The molecule has 11 heteroatoms. The number of carboxylic acids is 1. The van der Waals surface area contributed by atoms with E-state index in [0.29, 0.717) is 6.42 Å². The Morgan fingerprint density at radius 1 is 1.05 bits per heavy atom. The standard InChI is InChI=1S/C32H31F3N2O5S/c1-4-15-36-18-26(31(39)40)37-29(38)27(19(2)3)25(17-21-11-7-10-20-9-5-6-14-24(20)21)28(30(37)43(36,41)42)22-12-8-13-23(16-22)32(33,34)35/h5-14,16,19,26H,4,15,17-18H2,1-3H3,(H,39,40). The van der Waals surface area contributed by atoms with Gasteiger partial charge in [-0.25, -0.2) is 13.2 Å². The van der Waals surface area contributed by atoms with E-state index in [1.54, 1.807) is 20.8 Å². The quantitative estimate of drug-likeness (QED) is 0.259. The Balaban J connectivity index is 1.98. The number of halogens is 3. The molecule has 0 bridgehead atoms. The Labute approximate surface area is 247 Å². The molecule has 1 aromatic heterocycles. The predicted molar refractivity (Wildman–Crippen MR) is 158 cm³/mol. The van der Waals surface area contributed by atoms with Crippen LogP contribution in [-0.2, 0) is 27.4 Å². The fourth-order valence-electron chi connectivity index (χ4n) is 5.98. The Kier molecular flexibility index (Phi) is 8.00. The molecule has 0 amide bonds. The van der Waals surface area contributed by atoms with Crippen molar-refractivity contribution in [2.45, 2.75) is 56.8 Å².